The standard InChI is InChI=1S/3C20H18O6/c3*1-3-15-17(25-9-23-15)5-11(1)19-13-7-22-20(14(13)8-21-19)12-2-4-16-18(6-12)26-10-24-16/h3*1-6,13-14,19-20H,7-10H2/t3*13-,14-,19+,20+/m000/s1. The molecule has 12 aliphatic rings. The van der Waals surface area contributed by atoms with Crippen molar-refractivity contribution < 1.29 is 85.3 Å². The third-order valence-electron chi connectivity index (χ3n) is 17.1. The van der Waals surface area contributed by atoms with E-state index >= 15 is 0 Å². The van der Waals surface area contributed by atoms with E-state index in [-0.39, 0.29) is 77.4 Å². The fourth-order valence-electron chi connectivity index (χ4n) is 13.2. The van der Waals surface area contributed by atoms with Gasteiger partial charge >= 0.3 is 0 Å². The van der Waals surface area contributed by atoms with Crippen LogP contribution in [0.15, 0.2) is 109 Å². The molecule has 12 atom stereocenters. The lowest BCUT2D eigenvalue weighted by Crippen LogP contribution is -2.14. The maximum Gasteiger partial charge on any atom is 0.231 e. The predicted octanol–water partition coefficient (Wildman–Crippen LogP) is 9.66. The molecule has 6 aromatic rings. The number of ether oxygens (including phenoxy) is 18. The fraction of sp³-hybridized carbons (Fsp3) is 0.400. The van der Waals surface area contributed by atoms with Crippen molar-refractivity contribution in [3.8, 4) is 69.0 Å². The molecular formula is C60H54O18. The molecule has 0 bridgehead atoms. The molecule has 0 amide bonds. The molecule has 18 nitrogen and oxygen atoms in total. The summed E-state index contributed by atoms with van der Waals surface area (Å²) in [6.45, 7) is 5.80. The second-order valence-electron chi connectivity index (χ2n) is 21.2. The highest BCUT2D eigenvalue weighted by atomic mass is 16.7. The zero-order valence-corrected chi connectivity index (χ0v) is 42.2. The fourth-order valence-corrected chi connectivity index (χ4v) is 13.2. The molecule has 0 aromatic heterocycles. The zero-order valence-electron chi connectivity index (χ0n) is 42.2. The minimum absolute atomic E-state index is 0.0218. The number of benzene rings is 6. The normalized spacial score (nSPS) is 30.6. The zero-order chi connectivity index (χ0) is 51.3. The quantitative estimate of drug-likeness (QED) is 0.155. The van der Waals surface area contributed by atoms with E-state index in [0.717, 1.165) is 102 Å². The Bertz CT molecular complexity index is 2720. The Morgan fingerprint density at radius 1 is 0.192 bits per heavy atom. The lowest BCUT2D eigenvalue weighted by atomic mass is 9.85. The first-order valence-electron chi connectivity index (χ1n) is 26.7. The van der Waals surface area contributed by atoms with E-state index in [1.54, 1.807) is 0 Å². The monoisotopic (exact) mass is 1060 g/mol. The van der Waals surface area contributed by atoms with Gasteiger partial charge in [-0.25, -0.2) is 0 Å². The Hall–Kier alpha value is -7.32. The summed E-state index contributed by atoms with van der Waals surface area (Å²) in [6, 6.07) is 36.3. The predicted molar refractivity (Wildman–Crippen MR) is 268 cm³/mol. The number of rotatable bonds is 6. The second-order valence-corrected chi connectivity index (χ2v) is 21.2. The third-order valence-corrected chi connectivity index (χ3v) is 17.1. The molecule has 18 heteroatoms. The lowest BCUT2D eigenvalue weighted by molar-refractivity contribution is 0.0190. The summed E-state index contributed by atoms with van der Waals surface area (Å²) >= 11 is 0. The summed E-state index contributed by atoms with van der Waals surface area (Å²) in [5, 5.41) is 0. The van der Waals surface area contributed by atoms with E-state index in [1.807, 2.05) is 72.8 Å². The highest BCUT2D eigenvalue weighted by Crippen LogP contribution is 2.55. The first kappa shape index (κ1) is 46.7. The van der Waals surface area contributed by atoms with Crippen molar-refractivity contribution in [2.45, 2.75) is 36.6 Å². The molecule has 402 valence electrons. The molecule has 0 saturated carbocycles. The molecule has 6 fully saturated rings. The molecule has 12 aliphatic heterocycles. The van der Waals surface area contributed by atoms with E-state index in [0.29, 0.717) is 75.1 Å². The van der Waals surface area contributed by atoms with Crippen molar-refractivity contribution >= 4 is 0 Å². The summed E-state index contributed by atoms with van der Waals surface area (Å²) in [6.07, 6.45) is 0.131. The molecule has 0 aliphatic carbocycles. The van der Waals surface area contributed by atoms with Crippen LogP contribution in [0.2, 0.25) is 0 Å². The SMILES string of the molecule is c1cc2c(cc1[C@H]1OC[C@H]3[C@@H]1CO[C@@H]3c1ccc3c(c1)OCO3)OCO2.c1cc2c(cc1[C@H]1OC[C@H]3[C@@H]1CO[C@@H]3c1ccc3c(c1)OCO3)OCO2.c1cc2c(cc1[C@H]1OC[C@H]3[C@@H]1CO[C@@H]3c1ccc3c(c1)OCO3)OCO2. The van der Waals surface area contributed by atoms with Gasteiger partial charge in [0.2, 0.25) is 40.8 Å². The lowest BCUT2D eigenvalue weighted by Gasteiger charge is -2.17. The van der Waals surface area contributed by atoms with Gasteiger partial charge in [-0.1, -0.05) is 36.4 Å². The van der Waals surface area contributed by atoms with Gasteiger partial charge in [0.25, 0.3) is 0 Å². The highest BCUT2D eigenvalue weighted by molar-refractivity contribution is 5.50. The average molecular weight is 1060 g/mol. The van der Waals surface area contributed by atoms with Crippen LogP contribution in [0.3, 0.4) is 0 Å². The maximum absolute atomic E-state index is 6.18. The molecule has 0 spiro atoms. The Balaban J connectivity index is 0.0000000978. The van der Waals surface area contributed by atoms with E-state index in [9.17, 15) is 0 Å². The summed E-state index contributed by atoms with van der Waals surface area (Å²) in [4.78, 5) is 0. The second kappa shape index (κ2) is 19.2. The maximum atomic E-state index is 6.18. The van der Waals surface area contributed by atoms with Crippen molar-refractivity contribution in [3.05, 3.63) is 143 Å². The molecule has 18 rings (SSSR count). The van der Waals surface area contributed by atoms with Crippen molar-refractivity contribution in [1.82, 2.24) is 0 Å². The highest BCUT2D eigenvalue weighted by Gasteiger charge is 2.51. The molecular weight excluding hydrogens is 1010 g/mol. The Kier molecular flexibility index (Phi) is 11.5. The van der Waals surface area contributed by atoms with Gasteiger partial charge in [0, 0.05) is 35.5 Å². The van der Waals surface area contributed by atoms with Gasteiger partial charge in [-0.15, -0.1) is 0 Å². The molecule has 12 heterocycles. The van der Waals surface area contributed by atoms with Crippen LogP contribution < -0.4 is 56.8 Å². The van der Waals surface area contributed by atoms with Gasteiger partial charge < -0.3 is 85.3 Å². The average Bonchev–Trinajstić information content (AvgIpc) is 4.43. The first-order chi connectivity index (χ1) is 38.6. The van der Waals surface area contributed by atoms with Crippen LogP contribution in [-0.4, -0.2) is 80.4 Å². The van der Waals surface area contributed by atoms with Crippen LogP contribution in [0.1, 0.15) is 70.0 Å². The van der Waals surface area contributed by atoms with Crippen LogP contribution in [0.4, 0.5) is 0 Å². The Morgan fingerprint density at radius 2 is 0.346 bits per heavy atom. The van der Waals surface area contributed by atoms with Crippen molar-refractivity contribution in [2.24, 2.45) is 35.5 Å². The minimum Gasteiger partial charge on any atom is -0.454 e. The van der Waals surface area contributed by atoms with Crippen LogP contribution >= 0.6 is 0 Å². The van der Waals surface area contributed by atoms with Gasteiger partial charge in [0.05, 0.1) is 76.3 Å². The molecule has 6 saturated heterocycles. The van der Waals surface area contributed by atoms with Crippen LogP contribution in [-0.2, 0) is 28.4 Å². The van der Waals surface area contributed by atoms with Crippen molar-refractivity contribution in [2.75, 3.05) is 80.4 Å². The van der Waals surface area contributed by atoms with Gasteiger partial charge in [0.1, 0.15) is 0 Å². The molecule has 6 aromatic carbocycles. The molecule has 0 unspecified atom stereocenters. The number of hydrogen-bond acceptors (Lipinski definition) is 18. The van der Waals surface area contributed by atoms with Gasteiger partial charge in [0.15, 0.2) is 69.0 Å². The summed E-state index contributed by atoms with van der Waals surface area (Å²) in [7, 11) is 0. The smallest absolute Gasteiger partial charge is 0.231 e. The first-order valence-corrected chi connectivity index (χ1v) is 26.7. The van der Waals surface area contributed by atoms with Crippen LogP contribution in [0, 0.1) is 35.5 Å². The van der Waals surface area contributed by atoms with Crippen LogP contribution in [0.5, 0.6) is 69.0 Å². The Labute approximate surface area is 447 Å². The summed E-state index contributed by atoms with van der Waals surface area (Å²) < 4.78 is 103. The van der Waals surface area contributed by atoms with E-state index in [1.165, 1.54) is 0 Å². The molecule has 78 heavy (non-hydrogen) atoms. The molecule has 0 radical (unpaired) electrons. The summed E-state index contributed by atoms with van der Waals surface area (Å²) in [5.41, 5.74) is 6.73. The summed E-state index contributed by atoms with van der Waals surface area (Å²) in [5.74, 6) is 11.5. The number of hydrogen-bond donors (Lipinski definition) is 0. The minimum atomic E-state index is 0.0218. The van der Waals surface area contributed by atoms with E-state index in [4.69, 9.17) is 85.3 Å². The van der Waals surface area contributed by atoms with Crippen molar-refractivity contribution in [3.63, 3.8) is 0 Å². The van der Waals surface area contributed by atoms with Gasteiger partial charge in [-0.05, 0) is 106 Å². The van der Waals surface area contributed by atoms with Crippen molar-refractivity contribution in [1.29, 1.82) is 0 Å². The van der Waals surface area contributed by atoms with Gasteiger partial charge in [-0.2, -0.15) is 0 Å². The van der Waals surface area contributed by atoms with E-state index in [2.05, 4.69) is 36.4 Å². The largest absolute Gasteiger partial charge is 0.454 e. The topological polar surface area (TPSA) is 166 Å². The Morgan fingerprint density at radius 3 is 0.513 bits per heavy atom. The third kappa shape index (κ3) is 8.13. The van der Waals surface area contributed by atoms with Gasteiger partial charge in [-0.3, -0.25) is 0 Å². The van der Waals surface area contributed by atoms with Crippen LogP contribution in [0.25, 0.3) is 0 Å². The number of fused-ring (bicyclic) bond motifs is 9. The van der Waals surface area contributed by atoms with E-state index < -0.39 is 0 Å². The molecule has 0 N–H and O–H groups in total.